The molecule has 5 nitrogen and oxygen atoms in total. The standard InChI is InChI=1S/C15H19N3O2S/c1-12-11-16-18(2)14(12)21(19,20)17-15(8-9-15)10-13-6-4-3-5-7-13/h3-7,11,17H,8-10H2,1-2H3. The molecule has 6 heteroatoms. The zero-order chi connectivity index (χ0) is 15.1. The van der Waals surface area contributed by atoms with Crippen LogP contribution in [0.1, 0.15) is 24.0 Å². The summed E-state index contributed by atoms with van der Waals surface area (Å²) in [5.41, 5.74) is 1.48. The molecule has 2 aromatic rings. The van der Waals surface area contributed by atoms with Crippen LogP contribution in [0.15, 0.2) is 41.6 Å². The lowest BCUT2D eigenvalue weighted by Crippen LogP contribution is -2.39. The smallest absolute Gasteiger partial charge is 0.256 e. The second kappa shape index (κ2) is 4.96. The highest BCUT2D eigenvalue weighted by Crippen LogP contribution is 2.40. The van der Waals surface area contributed by atoms with Gasteiger partial charge in [-0.25, -0.2) is 13.1 Å². The third kappa shape index (κ3) is 2.87. The zero-order valence-electron chi connectivity index (χ0n) is 12.2. The second-order valence-electron chi connectivity index (χ2n) is 5.80. The minimum absolute atomic E-state index is 0.252. The summed E-state index contributed by atoms with van der Waals surface area (Å²) in [7, 11) is -1.89. The Labute approximate surface area is 125 Å². The zero-order valence-corrected chi connectivity index (χ0v) is 13.0. The molecule has 1 aromatic carbocycles. The van der Waals surface area contributed by atoms with Crippen molar-refractivity contribution in [3.63, 3.8) is 0 Å². The molecule has 112 valence electrons. The summed E-state index contributed by atoms with van der Waals surface area (Å²) in [5.74, 6) is 0. The van der Waals surface area contributed by atoms with E-state index in [9.17, 15) is 8.42 Å². The highest BCUT2D eigenvalue weighted by atomic mass is 32.2. The fourth-order valence-electron chi connectivity index (χ4n) is 2.71. The first-order chi connectivity index (χ1) is 9.92. The third-order valence-corrected chi connectivity index (χ3v) is 5.70. The van der Waals surface area contributed by atoms with E-state index < -0.39 is 10.0 Å². The van der Waals surface area contributed by atoms with Crippen LogP contribution in [-0.4, -0.2) is 23.7 Å². The minimum atomic E-state index is -3.54. The molecule has 21 heavy (non-hydrogen) atoms. The van der Waals surface area contributed by atoms with E-state index in [4.69, 9.17) is 0 Å². The van der Waals surface area contributed by atoms with Gasteiger partial charge in [0, 0.05) is 18.2 Å². The Balaban J connectivity index is 1.83. The average molecular weight is 305 g/mol. The van der Waals surface area contributed by atoms with Crippen LogP contribution in [0.25, 0.3) is 0 Å². The molecule has 1 N–H and O–H groups in total. The normalized spacial score (nSPS) is 16.9. The van der Waals surface area contributed by atoms with Gasteiger partial charge in [-0.1, -0.05) is 30.3 Å². The minimum Gasteiger partial charge on any atom is -0.256 e. The van der Waals surface area contributed by atoms with E-state index in [1.165, 1.54) is 4.68 Å². The van der Waals surface area contributed by atoms with E-state index in [1.807, 2.05) is 30.3 Å². The summed E-state index contributed by atoms with van der Waals surface area (Å²) < 4.78 is 29.5. The Morgan fingerprint density at radius 1 is 1.29 bits per heavy atom. The molecule has 0 aliphatic heterocycles. The Hall–Kier alpha value is -1.66. The molecule has 0 saturated heterocycles. The first-order valence-corrected chi connectivity index (χ1v) is 8.47. The fraction of sp³-hybridized carbons (Fsp3) is 0.400. The van der Waals surface area contributed by atoms with Crippen LogP contribution in [0.3, 0.4) is 0 Å². The molecular weight excluding hydrogens is 286 g/mol. The highest BCUT2D eigenvalue weighted by Gasteiger charge is 2.46. The first kappa shape index (κ1) is 14.3. The first-order valence-electron chi connectivity index (χ1n) is 6.98. The number of aryl methyl sites for hydroxylation is 2. The van der Waals surface area contributed by atoms with E-state index in [0.29, 0.717) is 5.56 Å². The number of aromatic nitrogens is 2. The van der Waals surface area contributed by atoms with Crippen LogP contribution in [0.5, 0.6) is 0 Å². The lowest BCUT2D eigenvalue weighted by molar-refractivity contribution is 0.526. The van der Waals surface area contributed by atoms with Crippen LogP contribution in [-0.2, 0) is 23.5 Å². The molecule has 1 aromatic heterocycles. The monoisotopic (exact) mass is 305 g/mol. The van der Waals surface area contributed by atoms with Gasteiger partial charge in [-0.3, -0.25) is 4.68 Å². The van der Waals surface area contributed by atoms with E-state index in [-0.39, 0.29) is 10.6 Å². The largest absolute Gasteiger partial charge is 0.258 e. The van der Waals surface area contributed by atoms with Gasteiger partial charge in [0.05, 0.1) is 6.20 Å². The maximum Gasteiger partial charge on any atom is 0.258 e. The van der Waals surface area contributed by atoms with Crippen molar-refractivity contribution < 1.29 is 8.42 Å². The molecule has 1 fully saturated rings. The number of nitrogens with zero attached hydrogens (tertiary/aromatic N) is 2. The van der Waals surface area contributed by atoms with Crippen molar-refractivity contribution in [1.82, 2.24) is 14.5 Å². The number of hydrogen-bond acceptors (Lipinski definition) is 3. The van der Waals surface area contributed by atoms with Crippen LogP contribution in [0, 0.1) is 6.92 Å². The summed E-state index contributed by atoms with van der Waals surface area (Å²) in [6.07, 6.45) is 4.05. The average Bonchev–Trinajstić information content (AvgIpc) is 3.05. The summed E-state index contributed by atoms with van der Waals surface area (Å²) in [6, 6.07) is 9.98. The van der Waals surface area contributed by atoms with Gasteiger partial charge in [-0.2, -0.15) is 5.10 Å². The lowest BCUT2D eigenvalue weighted by atomic mass is 10.1. The highest BCUT2D eigenvalue weighted by molar-refractivity contribution is 7.89. The second-order valence-corrected chi connectivity index (χ2v) is 7.40. The van der Waals surface area contributed by atoms with Gasteiger partial charge in [0.1, 0.15) is 0 Å². The van der Waals surface area contributed by atoms with Crippen molar-refractivity contribution in [2.45, 2.75) is 36.8 Å². The van der Waals surface area contributed by atoms with Gasteiger partial charge in [-0.15, -0.1) is 0 Å². The van der Waals surface area contributed by atoms with Crippen molar-refractivity contribution in [3.05, 3.63) is 47.7 Å². The van der Waals surface area contributed by atoms with Gasteiger partial charge in [0.25, 0.3) is 10.0 Å². The molecule has 0 unspecified atom stereocenters. The predicted molar refractivity (Wildman–Crippen MR) is 80.4 cm³/mol. The molecule has 0 spiro atoms. The molecule has 1 aliphatic carbocycles. The van der Waals surface area contributed by atoms with E-state index >= 15 is 0 Å². The summed E-state index contributed by atoms with van der Waals surface area (Å²) >= 11 is 0. The molecule has 1 saturated carbocycles. The Morgan fingerprint density at radius 3 is 2.48 bits per heavy atom. The van der Waals surface area contributed by atoms with Crippen molar-refractivity contribution in [2.75, 3.05) is 0 Å². The van der Waals surface area contributed by atoms with Crippen LogP contribution in [0.4, 0.5) is 0 Å². The van der Waals surface area contributed by atoms with Crippen LogP contribution < -0.4 is 4.72 Å². The van der Waals surface area contributed by atoms with Gasteiger partial charge >= 0.3 is 0 Å². The van der Waals surface area contributed by atoms with E-state index in [2.05, 4.69) is 9.82 Å². The van der Waals surface area contributed by atoms with Crippen molar-refractivity contribution in [3.8, 4) is 0 Å². The fourth-order valence-corrected chi connectivity index (χ4v) is 4.52. The summed E-state index contributed by atoms with van der Waals surface area (Å²) in [6.45, 7) is 1.76. The molecule has 0 atom stereocenters. The van der Waals surface area contributed by atoms with Crippen LogP contribution >= 0.6 is 0 Å². The topological polar surface area (TPSA) is 64.0 Å². The summed E-state index contributed by atoms with van der Waals surface area (Å²) in [4.78, 5) is 0. The maximum absolute atomic E-state index is 12.6. The quantitative estimate of drug-likeness (QED) is 0.916. The molecular formula is C15H19N3O2S. The molecule has 0 bridgehead atoms. The van der Waals surface area contributed by atoms with E-state index in [1.54, 1.807) is 20.2 Å². The molecule has 1 aliphatic rings. The number of benzene rings is 1. The maximum atomic E-state index is 12.6. The van der Waals surface area contributed by atoms with Gasteiger partial charge in [0.15, 0.2) is 5.03 Å². The Morgan fingerprint density at radius 2 is 1.95 bits per heavy atom. The van der Waals surface area contributed by atoms with Gasteiger partial charge < -0.3 is 0 Å². The lowest BCUT2D eigenvalue weighted by Gasteiger charge is -2.18. The third-order valence-electron chi connectivity index (χ3n) is 3.90. The summed E-state index contributed by atoms with van der Waals surface area (Å²) in [5, 5.41) is 4.27. The Kier molecular flexibility index (Phi) is 3.37. The number of hydrogen-bond donors (Lipinski definition) is 1. The number of sulfonamides is 1. The van der Waals surface area contributed by atoms with Crippen LogP contribution in [0.2, 0.25) is 0 Å². The molecule has 3 rings (SSSR count). The van der Waals surface area contributed by atoms with Crippen molar-refractivity contribution in [1.29, 1.82) is 0 Å². The van der Waals surface area contributed by atoms with Crippen molar-refractivity contribution >= 4 is 10.0 Å². The van der Waals surface area contributed by atoms with Crippen molar-refractivity contribution in [2.24, 2.45) is 7.05 Å². The van der Waals surface area contributed by atoms with Gasteiger partial charge in [0.2, 0.25) is 0 Å². The molecule has 1 heterocycles. The SMILES string of the molecule is Cc1cnn(C)c1S(=O)(=O)NC1(Cc2ccccc2)CC1. The molecule has 0 radical (unpaired) electrons. The Bertz CT molecular complexity index is 727. The number of rotatable bonds is 5. The number of nitrogens with one attached hydrogen (secondary N) is 1. The predicted octanol–water partition coefficient (Wildman–Crippen LogP) is 1.78. The van der Waals surface area contributed by atoms with Gasteiger partial charge in [-0.05, 0) is 31.7 Å². The van der Waals surface area contributed by atoms with E-state index in [0.717, 1.165) is 24.8 Å². The molecule has 0 amide bonds.